The number of aromatic nitrogens is 2. The molecule has 0 atom stereocenters. The van der Waals surface area contributed by atoms with E-state index in [9.17, 15) is 4.79 Å². The summed E-state index contributed by atoms with van der Waals surface area (Å²) in [5.41, 5.74) is 5.44. The van der Waals surface area contributed by atoms with E-state index in [1.54, 1.807) is 12.3 Å². The molecule has 3 aromatic carbocycles. The van der Waals surface area contributed by atoms with E-state index < -0.39 is 0 Å². The lowest BCUT2D eigenvalue weighted by atomic mass is 10.1. The van der Waals surface area contributed by atoms with Crippen LogP contribution in [0.2, 0.25) is 0 Å². The van der Waals surface area contributed by atoms with Crippen molar-refractivity contribution in [3.05, 3.63) is 90.1 Å². The van der Waals surface area contributed by atoms with Crippen LogP contribution in [-0.4, -0.2) is 22.3 Å². The highest BCUT2D eigenvalue weighted by Crippen LogP contribution is 2.23. The first-order valence-electron chi connectivity index (χ1n) is 8.23. The van der Waals surface area contributed by atoms with Gasteiger partial charge in [0.15, 0.2) is 0 Å². The van der Waals surface area contributed by atoms with Gasteiger partial charge in [0, 0.05) is 5.56 Å². The molecule has 0 fully saturated rings. The maximum absolute atomic E-state index is 12.2. The first kappa shape index (κ1) is 15.8. The van der Waals surface area contributed by atoms with E-state index >= 15 is 0 Å². The summed E-state index contributed by atoms with van der Waals surface area (Å²) >= 11 is 0. The number of fused-ring (bicyclic) bond motifs is 1. The van der Waals surface area contributed by atoms with Crippen LogP contribution in [0.1, 0.15) is 16.1 Å². The van der Waals surface area contributed by atoms with E-state index in [1.807, 2.05) is 54.6 Å². The summed E-state index contributed by atoms with van der Waals surface area (Å²) in [6.45, 7) is 0. The van der Waals surface area contributed by atoms with Gasteiger partial charge in [0.2, 0.25) is 0 Å². The Labute approximate surface area is 150 Å². The quantitative estimate of drug-likeness (QED) is 0.435. The third-order valence-electron chi connectivity index (χ3n) is 4.05. The van der Waals surface area contributed by atoms with Gasteiger partial charge < -0.3 is 0 Å². The number of benzene rings is 3. The molecule has 1 heterocycles. The molecule has 4 rings (SSSR count). The van der Waals surface area contributed by atoms with Crippen molar-refractivity contribution < 1.29 is 4.79 Å². The van der Waals surface area contributed by atoms with Crippen LogP contribution >= 0.6 is 0 Å². The van der Waals surface area contributed by atoms with Gasteiger partial charge >= 0.3 is 0 Å². The molecule has 5 heteroatoms. The highest BCUT2D eigenvalue weighted by atomic mass is 16.2. The van der Waals surface area contributed by atoms with Crippen molar-refractivity contribution in [1.82, 2.24) is 15.6 Å². The van der Waals surface area contributed by atoms with Crippen molar-refractivity contribution in [1.29, 1.82) is 0 Å². The number of carbonyl (C=O) groups excluding carboxylic acids is 1. The lowest BCUT2D eigenvalue weighted by molar-refractivity contribution is 0.0950. The molecule has 126 valence electrons. The van der Waals surface area contributed by atoms with Crippen molar-refractivity contribution in [3.8, 4) is 11.3 Å². The molecule has 2 N–H and O–H groups in total. The Morgan fingerprint density at radius 1 is 0.923 bits per heavy atom. The van der Waals surface area contributed by atoms with Gasteiger partial charge in [0.05, 0.1) is 11.9 Å². The molecule has 26 heavy (non-hydrogen) atoms. The summed E-state index contributed by atoms with van der Waals surface area (Å²) in [5.74, 6) is -0.336. The summed E-state index contributed by atoms with van der Waals surface area (Å²) in [7, 11) is 0. The van der Waals surface area contributed by atoms with Gasteiger partial charge in [0.25, 0.3) is 5.91 Å². The summed E-state index contributed by atoms with van der Waals surface area (Å²) in [6.07, 6.45) is 1.60. The van der Waals surface area contributed by atoms with Gasteiger partial charge in [-0.1, -0.05) is 66.7 Å². The molecule has 0 saturated heterocycles. The van der Waals surface area contributed by atoms with Crippen LogP contribution in [0.4, 0.5) is 0 Å². The number of carbonyl (C=O) groups is 1. The van der Waals surface area contributed by atoms with Gasteiger partial charge in [-0.2, -0.15) is 10.2 Å². The number of hydrogen-bond acceptors (Lipinski definition) is 3. The Bertz CT molecular complexity index is 1080. The molecule has 0 spiro atoms. The first-order chi connectivity index (χ1) is 12.8. The molecule has 0 aliphatic rings. The lowest BCUT2D eigenvalue weighted by Gasteiger charge is -2.00. The Morgan fingerprint density at radius 3 is 2.54 bits per heavy atom. The minimum absolute atomic E-state index is 0.336. The fraction of sp³-hybridized carbons (Fsp3) is 0. The van der Waals surface area contributed by atoms with Crippen molar-refractivity contribution in [2.24, 2.45) is 5.10 Å². The van der Waals surface area contributed by atoms with E-state index in [0.29, 0.717) is 11.4 Å². The van der Waals surface area contributed by atoms with Gasteiger partial charge in [0.1, 0.15) is 5.69 Å². The lowest BCUT2D eigenvalue weighted by Crippen LogP contribution is -2.17. The average molecular weight is 340 g/mol. The number of aromatic amines is 1. The van der Waals surface area contributed by atoms with Crippen LogP contribution in [0.15, 0.2) is 84.0 Å². The van der Waals surface area contributed by atoms with E-state index in [4.69, 9.17) is 0 Å². The zero-order valence-electron chi connectivity index (χ0n) is 13.9. The molecule has 0 bridgehead atoms. The molecular formula is C21H16N4O. The Kier molecular flexibility index (Phi) is 4.26. The summed E-state index contributed by atoms with van der Waals surface area (Å²) in [6, 6.07) is 25.5. The maximum atomic E-state index is 12.2. The molecule has 0 saturated carbocycles. The number of hydrogen-bond donors (Lipinski definition) is 2. The monoisotopic (exact) mass is 340 g/mol. The van der Waals surface area contributed by atoms with E-state index in [0.717, 1.165) is 16.5 Å². The Balaban J connectivity index is 1.49. The summed E-state index contributed by atoms with van der Waals surface area (Å²) in [5, 5.41) is 13.3. The van der Waals surface area contributed by atoms with Crippen LogP contribution in [-0.2, 0) is 0 Å². The SMILES string of the molecule is O=C(N/N=C\c1ccccc1)c1cc(-c2ccc3ccccc3c2)n[nH]1. The van der Waals surface area contributed by atoms with E-state index in [-0.39, 0.29) is 5.91 Å². The van der Waals surface area contributed by atoms with Crippen LogP contribution in [0.3, 0.4) is 0 Å². The van der Waals surface area contributed by atoms with E-state index in [1.165, 1.54) is 5.39 Å². The van der Waals surface area contributed by atoms with Gasteiger partial charge in [-0.3, -0.25) is 9.89 Å². The molecule has 0 radical (unpaired) electrons. The standard InChI is InChI=1S/C21H16N4O/c26-21(25-22-14-15-6-2-1-3-7-15)20-13-19(23-24-20)18-11-10-16-8-4-5-9-17(16)12-18/h1-14H,(H,23,24)(H,25,26)/b22-14-. The van der Waals surface area contributed by atoms with Crippen LogP contribution in [0.25, 0.3) is 22.0 Å². The number of H-pyrrole nitrogens is 1. The number of amides is 1. The Hall–Kier alpha value is -3.73. The van der Waals surface area contributed by atoms with Crippen LogP contribution in [0, 0.1) is 0 Å². The second kappa shape index (κ2) is 7.03. The van der Waals surface area contributed by atoms with Crippen LogP contribution < -0.4 is 5.43 Å². The first-order valence-corrected chi connectivity index (χ1v) is 8.23. The third kappa shape index (κ3) is 3.37. The largest absolute Gasteiger partial charge is 0.289 e. The van der Waals surface area contributed by atoms with Crippen molar-refractivity contribution in [2.45, 2.75) is 0 Å². The number of nitrogens with one attached hydrogen (secondary N) is 2. The topological polar surface area (TPSA) is 70.1 Å². The van der Waals surface area contributed by atoms with Crippen molar-refractivity contribution in [3.63, 3.8) is 0 Å². The molecule has 4 aromatic rings. The minimum Gasteiger partial charge on any atom is -0.272 e. The molecule has 0 unspecified atom stereocenters. The van der Waals surface area contributed by atoms with Crippen LogP contribution in [0.5, 0.6) is 0 Å². The molecule has 0 aliphatic heterocycles. The highest BCUT2D eigenvalue weighted by Gasteiger charge is 2.10. The number of nitrogens with zero attached hydrogens (tertiary/aromatic N) is 2. The zero-order valence-corrected chi connectivity index (χ0v) is 13.9. The normalized spacial score (nSPS) is 11.1. The molecule has 0 aliphatic carbocycles. The van der Waals surface area contributed by atoms with Gasteiger partial charge in [-0.05, 0) is 28.5 Å². The predicted octanol–water partition coefficient (Wildman–Crippen LogP) is 3.99. The van der Waals surface area contributed by atoms with Crippen molar-refractivity contribution >= 4 is 22.9 Å². The minimum atomic E-state index is -0.336. The number of hydrazone groups is 1. The van der Waals surface area contributed by atoms with E-state index in [2.05, 4.69) is 38.9 Å². The summed E-state index contributed by atoms with van der Waals surface area (Å²) < 4.78 is 0. The Morgan fingerprint density at radius 2 is 1.69 bits per heavy atom. The molecule has 1 aromatic heterocycles. The predicted molar refractivity (Wildman–Crippen MR) is 103 cm³/mol. The van der Waals surface area contributed by atoms with Crippen molar-refractivity contribution in [2.75, 3.05) is 0 Å². The maximum Gasteiger partial charge on any atom is 0.289 e. The second-order valence-electron chi connectivity index (χ2n) is 5.84. The van der Waals surface area contributed by atoms with Gasteiger partial charge in [-0.25, -0.2) is 5.43 Å². The fourth-order valence-electron chi connectivity index (χ4n) is 2.70. The van der Waals surface area contributed by atoms with Gasteiger partial charge in [-0.15, -0.1) is 0 Å². The zero-order chi connectivity index (χ0) is 17.8. The second-order valence-corrected chi connectivity index (χ2v) is 5.84. The fourth-order valence-corrected chi connectivity index (χ4v) is 2.70. The smallest absolute Gasteiger partial charge is 0.272 e. The third-order valence-corrected chi connectivity index (χ3v) is 4.05. The highest BCUT2D eigenvalue weighted by molar-refractivity contribution is 5.94. The molecular weight excluding hydrogens is 324 g/mol. The number of rotatable bonds is 4. The molecule has 5 nitrogen and oxygen atoms in total. The average Bonchev–Trinajstić information content (AvgIpc) is 3.19. The molecule has 1 amide bonds. The summed E-state index contributed by atoms with van der Waals surface area (Å²) in [4.78, 5) is 12.2.